The quantitative estimate of drug-likeness (QED) is 0.906. The van der Waals surface area contributed by atoms with Gasteiger partial charge in [0.15, 0.2) is 5.43 Å². The van der Waals surface area contributed by atoms with E-state index in [0.29, 0.717) is 23.3 Å². The largest absolute Gasteiger partial charge is 0.492 e. The van der Waals surface area contributed by atoms with Crippen LogP contribution in [0.3, 0.4) is 0 Å². The summed E-state index contributed by atoms with van der Waals surface area (Å²) >= 11 is 0. The van der Waals surface area contributed by atoms with Crippen LogP contribution in [0.2, 0.25) is 0 Å². The molecule has 1 heterocycles. The summed E-state index contributed by atoms with van der Waals surface area (Å²) in [5, 5.41) is 9.80. The van der Waals surface area contributed by atoms with Crippen molar-refractivity contribution in [2.24, 2.45) is 7.05 Å². The Kier molecular flexibility index (Phi) is 4.51. The van der Waals surface area contributed by atoms with Crippen LogP contribution in [0, 0.1) is 6.92 Å². The van der Waals surface area contributed by atoms with Crippen molar-refractivity contribution in [2.75, 3.05) is 27.2 Å². The second-order valence-corrected chi connectivity index (χ2v) is 5.50. The number of carboxylic acid groups (broad SMARTS) is 1. The van der Waals surface area contributed by atoms with E-state index in [0.717, 1.165) is 6.54 Å². The van der Waals surface area contributed by atoms with Crippen molar-refractivity contribution in [1.29, 1.82) is 0 Å². The molecular weight excluding hydrogens is 284 g/mol. The summed E-state index contributed by atoms with van der Waals surface area (Å²) in [7, 11) is 5.55. The number of nitrogens with zero attached hydrogens (tertiary/aromatic N) is 2. The van der Waals surface area contributed by atoms with Crippen LogP contribution < -0.4 is 10.2 Å². The van der Waals surface area contributed by atoms with Gasteiger partial charge in [-0.2, -0.15) is 0 Å². The average Bonchev–Trinajstić information content (AvgIpc) is 2.44. The van der Waals surface area contributed by atoms with Gasteiger partial charge in [0.05, 0.1) is 5.52 Å². The summed E-state index contributed by atoms with van der Waals surface area (Å²) in [5.41, 5.74) is 0.535. The first-order valence-corrected chi connectivity index (χ1v) is 6.97. The number of aromatic nitrogens is 1. The molecule has 0 saturated carbocycles. The van der Waals surface area contributed by atoms with Crippen LogP contribution in [-0.2, 0) is 7.05 Å². The Bertz CT molecular complexity index is 778. The number of carbonyl (C=O) groups is 1. The zero-order valence-corrected chi connectivity index (χ0v) is 13.2. The number of ether oxygens (including phenoxy) is 1. The zero-order valence-electron chi connectivity index (χ0n) is 13.2. The van der Waals surface area contributed by atoms with Gasteiger partial charge in [0.2, 0.25) is 0 Å². The maximum atomic E-state index is 12.3. The predicted octanol–water partition coefficient (Wildman–Crippen LogP) is 1.49. The SMILES string of the molecule is Cc1c(C(=O)O)n(C)c2cc(OCCN(C)C)ccc2c1=O. The predicted molar refractivity (Wildman–Crippen MR) is 84.9 cm³/mol. The van der Waals surface area contributed by atoms with Gasteiger partial charge in [0.1, 0.15) is 18.1 Å². The molecule has 0 unspecified atom stereocenters. The number of aromatic carboxylic acids is 1. The van der Waals surface area contributed by atoms with Gasteiger partial charge >= 0.3 is 5.97 Å². The van der Waals surface area contributed by atoms with Crippen molar-refractivity contribution in [3.8, 4) is 5.75 Å². The van der Waals surface area contributed by atoms with Crippen LogP contribution in [0.25, 0.3) is 10.9 Å². The summed E-state index contributed by atoms with van der Waals surface area (Å²) in [6, 6.07) is 5.12. The first kappa shape index (κ1) is 16.0. The molecule has 0 spiro atoms. The van der Waals surface area contributed by atoms with Crippen molar-refractivity contribution < 1.29 is 14.6 Å². The third-order valence-electron chi connectivity index (χ3n) is 3.62. The van der Waals surface area contributed by atoms with Gasteiger partial charge in [0.25, 0.3) is 0 Å². The number of hydrogen-bond acceptors (Lipinski definition) is 4. The fourth-order valence-corrected chi connectivity index (χ4v) is 2.40. The average molecular weight is 304 g/mol. The first-order chi connectivity index (χ1) is 10.3. The van der Waals surface area contributed by atoms with Gasteiger partial charge in [-0.05, 0) is 33.2 Å². The van der Waals surface area contributed by atoms with Crippen molar-refractivity contribution >= 4 is 16.9 Å². The maximum absolute atomic E-state index is 12.3. The molecule has 0 atom stereocenters. The van der Waals surface area contributed by atoms with Crippen LogP contribution >= 0.6 is 0 Å². The van der Waals surface area contributed by atoms with Crippen molar-refractivity contribution in [1.82, 2.24) is 9.47 Å². The van der Waals surface area contributed by atoms with E-state index in [1.165, 1.54) is 11.5 Å². The molecule has 6 nitrogen and oxygen atoms in total. The van der Waals surface area contributed by atoms with Gasteiger partial charge in [-0.25, -0.2) is 4.79 Å². The fraction of sp³-hybridized carbons (Fsp3) is 0.375. The van der Waals surface area contributed by atoms with Crippen LogP contribution in [-0.4, -0.2) is 47.8 Å². The number of benzene rings is 1. The normalized spacial score (nSPS) is 11.1. The number of aryl methyl sites for hydroxylation is 1. The highest BCUT2D eigenvalue weighted by Gasteiger charge is 2.17. The van der Waals surface area contributed by atoms with Gasteiger partial charge < -0.3 is 19.3 Å². The van der Waals surface area contributed by atoms with E-state index < -0.39 is 5.97 Å². The standard InChI is InChI=1S/C16H20N2O4/c1-10-14(16(20)21)18(4)13-9-11(22-8-7-17(2)3)5-6-12(13)15(10)19/h5-6,9H,7-8H2,1-4H3,(H,20,21). The molecule has 0 radical (unpaired) electrons. The molecule has 1 aromatic carbocycles. The molecule has 0 bridgehead atoms. The van der Waals surface area contributed by atoms with E-state index in [1.807, 2.05) is 19.0 Å². The smallest absolute Gasteiger partial charge is 0.352 e. The van der Waals surface area contributed by atoms with E-state index in [9.17, 15) is 14.7 Å². The third kappa shape index (κ3) is 2.96. The summed E-state index contributed by atoms with van der Waals surface area (Å²) in [6.45, 7) is 2.82. The lowest BCUT2D eigenvalue weighted by Gasteiger charge is -2.14. The van der Waals surface area contributed by atoms with Crippen LogP contribution in [0.15, 0.2) is 23.0 Å². The highest BCUT2D eigenvalue weighted by Crippen LogP contribution is 2.21. The lowest BCUT2D eigenvalue weighted by Crippen LogP contribution is -2.21. The molecule has 22 heavy (non-hydrogen) atoms. The monoisotopic (exact) mass is 304 g/mol. The molecule has 0 fully saturated rings. The van der Waals surface area contributed by atoms with Gasteiger partial charge in [0, 0.05) is 30.6 Å². The first-order valence-electron chi connectivity index (χ1n) is 6.97. The summed E-state index contributed by atoms with van der Waals surface area (Å²) in [4.78, 5) is 25.7. The van der Waals surface area contributed by atoms with Gasteiger partial charge in [-0.1, -0.05) is 0 Å². The Morgan fingerprint density at radius 1 is 1.36 bits per heavy atom. The third-order valence-corrected chi connectivity index (χ3v) is 3.62. The van der Waals surface area contributed by atoms with E-state index in [1.54, 1.807) is 25.2 Å². The summed E-state index contributed by atoms with van der Waals surface area (Å²) in [5.74, 6) is -0.498. The van der Waals surface area contributed by atoms with E-state index in [2.05, 4.69) is 0 Å². The number of rotatable bonds is 5. The Morgan fingerprint density at radius 3 is 2.64 bits per heavy atom. The Hall–Kier alpha value is -2.34. The molecule has 0 saturated heterocycles. The fourth-order valence-electron chi connectivity index (χ4n) is 2.40. The van der Waals surface area contributed by atoms with Gasteiger partial charge in [-0.3, -0.25) is 4.79 Å². The van der Waals surface area contributed by atoms with E-state index in [-0.39, 0.29) is 16.7 Å². The number of likely N-dealkylation sites (N-methyl/N-ethyl adjacent to an activating group) is 1. The number of hydrogen-bond donors (Lipinski definition) is 1. The minimum atomic E-state index is -1.11. The van der Waals surface area contributed by atoms with Crippen LogP contribution in [0.5, 0.6) is 5.75 Å². The molecule has 0 aliphatic heterocycles. The van der Waals surface area contributed by atoms with Crippen LogP contribution in [0.4, 0.5) is 0 Å². The lowest BCUT2D eigenvalue weighted by molar-refractivity contribution is 0.0685. The Morgan fingerprint density at radius 2 is 2.05 bits per heavy atom. The van der Waals surface area contributed by atoms with Crippen molar-refractivity contribution in [2.45, 2.75) is 6.92 Å². The minimum Gasteiger partial charge on any atom is -0.492 e. The second kappa shape index (κ2) is 6.19. The number of pyridine rings is 1. The van der Waals surface area contributed by atoms with Crippen molar-refractivity contribution in [3.63, 3.8) is 0 Å². The van der Waals surface area contributed by atoms with Gasteiger partial charge in [-0.15, -0.1) is 0 Å². The lowest BCUT2D eigenvalue weighted by atomic mass is 10.1. The zero-order chi connectivity index (χ0) is 16.4. The molecule has 0 aliphatic carbocycles. The highest BCUT2D eigenvalue weighted by molar-refractivity contribution is 5.92. The molecule has 2 rings (SSSR count). The van der Waals surface area contributed by atoms with E-state index in [4.69, 9.17) is 4.74 Å². The Balaban J connectivity index is 2.52. The molecule has 6 heteroatoms. The summed E-state index contributed by atoms with van der Waals surface area (Å²) in [6.07, 6.45) is 0. The molecule has 0 amide bonds. The molecule has 1 aromatic heterocycles. The molecule has 1 N–H and O–H groups in total. The maximum Gasteiger partial charge on any atom is 0.352 e. The van der Waals surface area contributed by atoms with Crippen molar-refractivity contribution in [3.05, 3.63) is 39.7 Å². The topological polar surface area (TPSA) is 71.8 Å². The Labute approximate surface area is 128 Å². The second-order valence-electron chi connectivity index (χ2n) is 5.50. The molecule has 2 aromatic rings. The molecule has 118 valence electrons. The molecular formula is C16H20N2O4. The minimum absolute atomic E-state index is 0.00272. The number of fused-ring (bicyclic) bond motifs is 1. The van der Waals surface area contributed by atoms with Crippen LogP contribution in [0.1, 0.15) is 16.1 Å². The van der Waals surface area contributed by atoms with E-state index >= 15 is 0 Å². The molecule has 0 aliphatic rings. The highest BCUT2D eigenvalue weighted by atomic mass is 16.5. The number of carboxylic acids is 1. The summed E-state index contributed by atoms with van der Waals surface area (Å²) < 4.78 is 7.17.